The van der Waals surface area contributed by atoms with Gasteiger partial charge in [-0.2, -0.15) is 4.72 Å². The summed E-state index contributed by atoms with van der Waals surface area (Å²) in [5, 5.41) is 2.11. The van der Waals surface area contributed by atoms with Gasteiger partial charge in [0.2, 0.25) is 10.0 Å². The number of sulfonamides is 1. The molecule has 0 saturated carbocycles. The first kappa shape index (κ1) is 19.7. The summed E-state index contributed by atoms with van der Waals surface area (Å²) in [6.45, 7) is 1.98. The predicted molar refractivity (Wildman–Crippen MR) is 110 cm³/mol. The van der Waals surface area contributed by atoms with Gasteiger partial charge < -0.3 is 9.47 Å². The van der Waals surface area contributed by atoms with Gasteiger partial charge in [-0.05, 0) is 42.1 Å². The Kier molecular flexibility index (Phi) is 6.19. The van der Waals surface area contributed by atoms with Gasteiger partial charge in [-0.3, -0.25) is 0 Å². The highest BCUT2D eigenvalue weighted by atomic mass is 32.2. The second-order valence-corrected chi connectivity index (χ2v) is 7.84. The van der Waals surface area contributed by atoms with Gasteiger partial charge in [-0.1, -0.05) is 48.2 Å². The number of benzene rings is 3. The molecule has 0 atom stereocenters. The molecule has 0 aromatic heterocycles. The Bertz CT molecular complexity index is 1140. The summed E-state index contributed by atoms with van der Waals surface area (Å²) in [6, 6.07) is 18.5. The molecule has 1 N–H and O–H groups in total. The van der Waals surface area contributed by atoms with Crippen LogP contribution in [0.25, 0.3) is 10.8 Å². The van der Waals surface area contributed by atoms with Crippen molar-refractivity contribution >= 4 is 20.8 Å². The van der Waals surface area contributed by atoms with Crippen LogP contribution in [0.5, 0.6) is 11.5 Å². The molecule has 0 unspecified atom stereocenters. The van der Waals surface area contributed by atoms with Crippen molar-refractivity contribution in [3.8, 4) is 23.3 Å². The maximum absolute atomic E-state index is 12.3. The van der Waals surface area contributed by atoms with Crippen molar-refractivity contribution in [1.82, 2.24) is 4.72 Å². The third kappa shape index (κ3) is 4.63. The average Bonchev–Trinajstić information content (AvgIpc) is 2.70. The summed E-state index contributed by atoms with van der Waals surface area (Å²) in [4.78, 5) is 0.180. The normalized spacial score (nSPS) is 10.9. The van der Waals surface area contributed by atoms with Gasteiger partial charge in [0, 0.05) is 5.39 Å². The first-order valence-corrected chi connectivity index (χ1v) is 10.2. The highest BCUT2D eigenvalue weighted by Crippen LogP contribution is 2.25. The van der Waals surface area contributed by atoms with Gasteiger partial charge in [-0.15, -0.1) is 0 Å². The van der Waals surface area contributed by atoms with E-state index in [0.29, 0.717) is 5.75 Å². The molecule has 0 aliphatic carbocycles. The van der Waals surface area contributed by atoms with E-state index < -0.39 is 10.0 Å². The molecule has 3 aromatic carbocycles. The molecule has 0 spiro atoms. The molecule has 28 heavy (non-hydrogen) atoms. The SMILES string of the molecule is COc1ccc(S(=O)(=O)NCC#CCOc2cccc3ccccc23)cc1C. The number of aryl methyl sites for hydroxylation is 1. The fourth-order valence-electron chi connectivity index (χ4n) is 2.78. The van der Waals surface area contributed by atoms with E-state index in [0.717, 1.165) is 22.1 Å². The first-order chi connectivity index (χ1) is 13.5. The first-order valence-electron chi connectivity index (χ1n) is 8.72. The fourth-order valence-corrected chi connectivity index (χ4v) is 3.79. The summed E-state index contributed by atoms with van der Waals surface area (Å²) >= 11 is 0. The minimum Gasteiger partial charge on any atom is -0.496 e. The van der Waals surface area contributed by atoms with Crippen LogP contribution in [0, 0.1) is 18.8 Å². The van der Waals surface area contributed by atoms with E-state index in [2.05, 4.69) is 16.6 Å². The number of methoxy groups -OCH3 is 1. The van der Waals surface area contributed by atoms with E-state index in [9.17, 15) is 8.42 Å². The Morgan fingerprint density at radius 2 is 1.75 bits per heavy atom. The molecule has 0 aliphatic heterocycles. The van der Waals surface area contributed by atoms with Gasteiger partial charge in [0.1, 0.15) is 18.1 Å². The largest absolute Gasteiger partial charge is 0.496 e. The summed E-state index contributed by atoms with van der Waals surface area (Å²) < 4.78 is 38.0. The molecule has 0 heterocycles. The standard InChI is InChI=1S/C22H21NO4S/c1-17-16-19(12-13-21(17)26-2)28(24,25)23-14-5-6-15-27-22-11-7-9-18-8-3-4-10-20(18)22/h3-4,7-13,16,23H,14-15H2,1-2H3. The van der Waals surface area contributed by atoms with Crippen LogP contribution >= 0.6 is 0 Å². The summed E-state index contributed by atoms with van der Waals surface area (Å²) in [7, 11) is -2.08. The third-order valence-electron chi connectivity index (χ3n) is 4.20. The van der Waals surface area contributed by atoms with E-state index in [-0.39, 0.29) is 18.0 Å². The van der Waals surface area contributed by atoms with E-state index in [1.165, 1.54) is 6.07 Å². The Labute approximate surface area is 165 Å². The minimum absolute atomic E-state index is 0.00626. The molecule has 5 nitrogen and oxygen atoms in total. The average molecular weight is 395 g/mol. The second-order valence-electron chi connectivity index (χ2n) is 6.08. The topological polar surface area (TPSA) is 64.6 Å². The highest BCUT2D eigenvalue weighted by Gasteiger charge is 2.14. The Balaban J connectivity index is 1.57. The molecule has 0 amide bonds. The molecule has 6 heteroatoms. The lowest BCUT2D eigenvalue weighted by atomic mass is 10.1. The van der Waals surface area contributed by atoms with Crippen LogP contribution < -0.4 is 14.2 Å². The Morgan fingerprint density at radius 1 is 0.964 bits per heavy atom. The molecule has 0 radical (unpaired) electrons. The zero-order valence-corrected chi connectivity index (χ0v) is 16.5. The molecule has 3 rings (SSSR count). The lowest BCUT2D eigenvalue weighted by Crippen LogP contribution is -2.24. The lowest BCUT2D eigenvalue weighted by molar-refractivity contribution is 0.374. The van der Waals surface area contributed by atoms with Crippen molar-refractivity contribution in [2.24, 2.45) is 0 Å². The van der Waals surface area contributed by atoms with Gasteiger partial charge in [0.05, 0.1) is 18.6 Å². The van der Waals surface area contributed by atoms with Gasteiger partial charge in [-0.25, -0.2) is 8.42 Å². The maximum Gasteiger partial charge on any atom is 0.241 e. The molecule has 0 saturated heterocycles. The van der Waals surface area contributed by atoms with Gasteiger partial charge in [0.25, 0.3) is 0 Å². The van der Waals surface area contributed by atoms with Crippen molar-refractivity contribution in [2.45, 2.75) is 11.8 Å². The van der Waals surface area contributed by atoms with E-state index in [1.54, 1.807) is 26.2 Å². The summed E-state index contributed by atoms with van der Waals surface area (Å²) in [5.74, 6) is 7.00. The number of fused-ring (bicyclic) bond motifs is 1. The summed E-state index contributed by atoms with van der Waals surface area (Å²) in [6.07, 6.45) is 0. The maximum atomic E-state index is 12.3. The zero-order chi connectivity index (χ0) is 20.0. The summed E-state index contributed by atoms with van der Waals surface area (Å²) in [5.41, 5.74) is 0.750. The van der Waals surface area contributed by atoms with E-state index >= 15 is 0 Å². The van der Waals surface area contributed by atoms with Crippen LogP contribution in [-0.4, -0.2) is 28.7 Å². The van der Waals surface area contributed by atoms with E-state index in [1.807, 2.05) is 42.5 Å². The molecule has 144 valence electrons. The smallest absolute Gasteiger partial charge is 0.241 e. The van der Waals surface area contributed by atoms with Crippen molar-refractivity contribution in [2.75, 3.05) is 20.3 Å². The predicted octanol–water partition coefficient (Wildman–Crippen LogP) is 3.52. The van der Waals surface area contributed by atoms with Gasteiger partial charge >= 0.3 is 0 Å². The number of rotatable bonds is 6. The van der Waals surface area contributed by atoms with Crippen LogP contribution in [0.1, 0.15) is 5.56 Å². The fraction of sp³-hybridized carbons (Fsp3) is 0.182. The van der Waals surface area contributed by atoms with Gasteiger partial charge in [0.15, 0.2) is 0 Å². The van der Waals surface area contributed by atoms with Crippen molar-refractivity contribution in [3.63, 3.8) is 0 Å². The van der Waals surface area contributed by atoms with Crippen LogP contribution in [0.2, 0.25) is 0 Å². The van der Waals surface area contributed by atoms with Crippen molar-refractivity contribution in [1.29, 1.82) is 0 Å². The number of ether oxygens (including phenoxy) is 2. The Morgan fingerprint density at radius 3 is 2.54 bits per heavy atom. The highest BCUT2D eigenvalue weighted by molar-refractivity contribution is 7.89. The van der Waals surface area contributed by atoms with Crippen LogP contribution in [0.15, 0.2) is 65.6 Å². The molecule has 0 bridgehead atoms. The Hall–Kier alpha value is -3.01. The number of hydrogen-bond acceptors (Lipinski definition) is 4. The lowest BCUT2D eigenvalue weighted by Gasteiger charge is -2.08. The molecule has 3 aromatic rings. The zero-order valence-electron chi connectivity index (χ0n) is 15.7. The van der Waals surface area contributed by atoms with E-state index in [4.69, 9.17) is 9.47 Å². The van der Waals surface area contributed by atoms with Crippen molar-refractivity contribution < 1.29 is 17.9 Å². The van der Waals surface area contributed by atoms with Crippen LogP contribution in [0.3, 0.4) is 0 Å². The molecular weight excluding hydrogens is 374 g/mol. The number of hydrogen-bond donors (Lipinski definition) is 1. The second kappa shape index (κ2) is 8.79. The minimum atomic E-state index is -3.62. The third-order valence-corrected chi connectivity index (χ3v) is 5.60. The molecule has 0 aliphatic rings. The monoisotopic (exact) mass is 395 g/mol. The van der Waals surface area contributed by atoms with Crippen LogP contribution in [-0.2, 0) is 10.0 Å². The van der Waals surface area contributed by atoms with Crippen LogP contribution in [0.4, 0.5) is 0 Å². The number of nitrogens with one attached hydrogen (secondary N) is 1. The molecular formula is C22H21NO4S. The molecule has 0 fully saturated rings. The van der Waals surface area contributed by atoms with Crippen molar-refractivity contribution in [3.05, 3.63) is 66.2 Å². The quantitative estimate of drug-likeness (QED) is 0.649.